The van der Waals surface area contributed by atoms with E-state index >= 15 is 0 Å². The Morgan fingerprint density at radius 1 is 1.30 bits per heavy atom. The predicted molar refractivity (Wildman–Crippen MR) is 80.9 cm³/mol. The lowest BCUT2D eigenvalue weighted by Gasteiger charge is -2.16. The number of likely N-dealkylation sites (tertiary alicyclic amines) is 1. The number of nitrogens with zero attached hydrogens (tertiary/aromatic N) is 3. The van der Waals surface area contributed by atoms with Gasteiger partial charge in [-0.25, -0.2) is 4.39 Å². The highest BCUT2D eigenvalue weighted by Gasteiger charge is 2.34. The monoisotopic (exact) mass is 335 g/mol. The first-order chi connectivity index (χ1) is 11.1. The Kier molecular flexibility index (Phi) is 3.56. The molecule has 1 aromatic carbocycles. The molecule has 1 unspecified atom stereocenters. The van der Waals surface area contributed by atoms with Crippen LogP contribution in [0.3, 0.4) is 0 Å². The second-order valence-corrected chi connectivity index (χ2v) is 6.54. The number of rotatable bonds is 3. The van der Waals surface area contributed by atoms with Gasteiger partial charge in [0, 0.05) is 24.6 Å². The molecular formula is C16H15ClFN3O2. The fourth-order valence-corrected chi connectivity index (χ4v) is 3.00. The summed E-state index contributed by atoms with van der Waals surface area (Å²) in [5.41, 5.74) is 0.303. The Morgan fingerprint density at radius 2 is 2.13 bits per heavy atom. The van der Waals surface area contributed by atoms with Crippen molar-refractivity contribution in [3.05, 3.63) is 46.3 Å². The second kappa shape index (κ2) is 5.60. The van der Waals surface area contributed by atoms with Crippen molar-refractivity contribution in [3.63, 3.8) is 0 Å². The zero-order valence-electron chi connectivity index (χ0n) is 12.3. The normalized spacial score (nSPS) is 21.0. The number of carbonyl (C=O) groups excluding carboxylic acids is 1. The van der Waals surface area contributed by atoms with Gasteiger partial charge in [0.25, 0.3) is 5.91 Å². The van der Waals surface area contributed by atoms with E-state index in [1.165, 1.54) is 12.1 Å². The van der Waals surface area contributed by atoms with E-state index in [4.69, 9.17) is 16.1 Å². The Bertz CT molecular complexity index is 760. The van der Waals surface area contributed by atoms with Crippen molar-refractivity contribution in [3.8, 4) is 0 Å². The third kappa shape index (κ3) is 2.83. The molecule has 1 aliphatic heterocycles. The molecule has 1 aliphatic carbocycles. The van der Waals surface area contributed by atoms with Gasteiger partial charge in [-0.3, -0.25) is 4.79 Å². The fourth-order valence-electron chi connectivity index (χ4n) is 2.88. The van der Waals surface area contributed by atoms with Crippen LogP contribution in [0.15, 0.2) is 22.7 Å². The third-order valence-corrected chi connectivity index (χ3v) is 4.70. The van der Waals surface area contributed by atoms with Gasteiger partial charge in [-0.05, 0) is 37.5 Å². The average molecular weight is 336 g/mol. The van der Waals surface area contributed by atoms with Crippen LogP contribution in [-0.4, -0.2) is 34.0 Å². The molecule has 120 valence electrons. The molecule has 1 amide bonds. The Morgan fingerprint density at radius 3 is 2.87 bits per heavy atom. The zero-order chi connectivity index (χ0) is 16.0. The summed E-state index contributed by atoms with van der Waals surface area (Å²) in [6.45, 7) is 1.10. The molecule has 23 heavy (non-hydrogen) atoms. The molecule has 1 atom stereocenters. The smallest absolute Gasteiger partial charge is 0.253 e. The number of hydrogen-bond donors (Lipinski definition) is 0. The van der Waals surface area contributed by atoms with Gasteiger partial charge in [-0.1, -0.05) is 16.8 Å². The van der Waals surface area contributed by atoms with Crippen LogP contribution < -0.4 is 0 Å². The standard InChI is InChI=1S/C16H15ClFN3O2/c17-12-4-3-10(7-13(12)18)16(22)21-6-5-11(8-21)15-19-14(20-23-15)9-1-2-9/h3-4,7,9,11H,1-2,5-6,8H2. The van der Waals surface area contributed by atoms with Crippen LogP contribution >= 0.6 is 11.6 Å². The summed E-state index contributed by atoms with van der Waals surface area (Å²) in [6, 6.07) is 4.12. The summed E-state index contributed by atoms with van der Waals surface area (Å²) in [6.07, 6.45) is 3.01. The van der Waals surface area contributed by atoms with Crippen molar-refractivity contribution in [1.29, 1.82) is 0 Å². The Hall–Kier alpha value is -1.95. The van der Waals surface area contributed by atoms with Gasteiger partial charge in [-0.15, -0.1) is 0 Å². The van der Waals surface area contributed by atoms with Gasteiger partial charge < -0.3 is 9.42 Å². The van der Waals surface area contributed by atoms with Crippen LogP contribution in [0.5, 0.6) is 0 Å². The summed E-state index contributed by atoms with van der Waals surface area (Å²) in [4.78, 5) is 18.6. The molecule has 4 rings (SSSR count). The number of hydrogen-bond acceptors (Lipinski definition) is 4. The lowest BCUT2D eigenvalue weighted by atomic mass is 10.1. The molecule has 1 aromatic heterocycles. The number of carbonyl (C=O) groups is 1. The third-order valence-electron chi connectivity index (χ3n) is 4.39. The fraction of sp³-hybridized carbons (Fsp3) is 0.438. The van der Waals surface area contributed by atoms with Crippen molar-refractivity contribution < 1.29 is 13.7 Å². The molecule has 2 fully saturated rings. The van der Waals surface area contributed by atoms with Gasteiger partial charge in [0.1, 0.15) is 5.82 Å². The van der Waals surface area contributed by atoms with E-state index in [0.717, 1.165) is 25.1 Å². The first-order valence-electron chi connectivity index (χ1n) is 7.69. The molecular weight excluding hydrogens is 321 g/mol. The number of halogens is 2. The molecule has 0 radical (unpaired) electrons. The summed E-state index contributed by atoms with van der Waals surface area (Å²) in [5, 5.41) is 4.03. The maximum Gasteiger partial charge on any atom is 0.253 e. The summed E-state index contributed by atoms with van der Waals surface area (Å²) in [7, 11) is 0. The predicted octanol–water partition coefficient (Wildman–Crippen LogP) is 3.37. The van der Waals surface area contributed by atoms with Crippen molar-refractivity contribution in [2.75, 3.05) is 13.1 Å². The molecule has 0 N–H and O–H groups in total. The van der Waals surface area contributed by atoms with E-state index in [1.807, 2.05) is 0 Å². The topological polar surface area (TPSA) is 59.2 Å². The minimum absolute atomic E-state index is 0.0133. The van der Waals surface area contributed by atoms with Crippen molar-refractivity contribution >= 4 is 17.5 Å². The van der Waals surface area contributed by atoms with E-state index in [1.54, 1.807) is 11.0 Å². The Balaban J connectivity index is 1.46. The zero-order valence-corrected chi connectivity index (χ0v) is 13.1. The largest absolute Gasteiger partial charge is 0.339 e. The molecule has 0 bridgehead atoms. The van der Waals surface area contributed by atoms with Gasteiger partial charge in [0.05, 0.1) is 10.9 Å². The molecule has 0 spiro atoms. The molecule has 2 aliphatic rings. The van der Waals surface area contributed by atoms with Crippen LogP contribution in [0, 0.1) is 5.82 Å². The quantitative estimate of drug-likeness (QED) is 0.863. The maximum atomic E-state index is 13.5. The van der Waals surface area contributed by atoms with Gasteiger partial charge >= 0.3 is 0 Å². The van der Waals surface area contributed by atoms with Crippen LogP contribution in [0.1, 0.15) is 53.2 Å². The lowest BCUT2D eigenvalue weighted by Crippen LogP contribution is -2.28. The van der Waals surface area contributed by atoms with E-state index in [2.05, 4.69) is 10.1 Å². The molecule has 7 heteroatoms. The highest BCUT2D eigenvalue weighted by atomic mass is 35.5. The molecule has 2 heterocycles. The number of amides is 1. The van der Waals surface area contributed by atoms with Crippen LogP contribution in [-0.2, 0) is 0 Å². The second-order valence-electron chi connectivity index (χ2n) is 6.13. The van der Waals surface area contributed by atoms with Gasteiger partial charge in [0.15, 0.2) is 5.82 Å². The van der Waals surface area contributed by atoms with Crippen molar-refractivity contribution in [2.24, 2.45) is 0 Å². The average Bonchev–Trinajstić information content (AvgIpc) is 3.09. The van der Waals surface area contributed by atoms with E-state index in [9.17, 15) is 9.18 Å². The van der Waals surface area contributed by atoms with Crippen LogP contribution in [0.25, 0.3) is 0 Å². The van der Waals surface area contributed by atoms with E-state index in [-0.39, 0.29) is 16.8 Å². The highest BCUT2D eigenvalue weighted by Crippen LogP contribution is 2.39. The van der Waals surface area contributed by atoms with E-state index in [0.29, 0.717) is 30.5 Å². The minimum atomic E-state index is -0.584. The first-order valence-corrected chi connectivity index (χ1v) is 8.07. The molecule has 1 saturated carbocycles. The lowest BCUT2D eigenvalue weighted by molar-refractivity contribution is 0.0789. The summed E-state index contributed by atoms with van der Waals surface area (Å²) < 4.78 is 18.9. The maximum absolute atomic E-state index is 13.5. The molecule has 1 saturated heterocycles. The Labute approximate surface area is 137 Å². The number of benzene rings is 1. The van der Waals surface area contributed by atoms with Crippen molar-refractivity contribution in [2.45, 2.75) is 31.1 Å². The van der Waals surface area contributed by atoms with Crippen LogP contribution in [0.4, 0.5) is 4.39 Å². The van der Waals surface area contributed by atoms with Crippen LogP contribution in [0.2, 0.25) is 5.02 Å². The van der Waals surface area contributed by atoms with Gasteiger partial charge in [-0.2, -0.15) is 4.98 Å². The van der Waals surface area contributed by atoms with Crippen molar-refractivity contribution in [1.82, 2.24) is 15.0 Å². The van der Waals surface area contributed by atoms with E-state index < -0.39 is 5.82 Å². The van der Waals surface area contributed by atoms with Gasteiger partial charge in [0.2, 0.25) is 5.89 Å². The summed E-state index contributed by atoms with van der Waals surface area (Å²) >= 11 is 5.65. The highest BCUT2D eigenvalue weighted by molar-refractivity contribution is 6.30. The molecule has 2 aromatic rings. The minimum Gasteiger partial charge on any atom is -0.339 e. The first kappa shape index (κ1) is 14.6. The molecule has 5 nitrogen and oxygen atoms in total. The number of aromatic nitrogens is 2. The SMILES string of the molecule is O=C(c1ccc(Cl)c(F)c1)N1CCC(c2nc(C3CC3)no2)C1. The summed E-state index contributed by atoms with van der Waals surface area (Å²) in [5.74, 6) is 1.10.